The summed E-state index contributed by atoms with van der Waals surface area (Å²) in [5.74, 6) is 2.68. The topological polar surface area (TPSA) is 49.8 Å². The van der Waals surface area contributed by atoms with Gasteiger partial charge >= 0.3 is 0 Å². The van der Waals surface area contributed by atoms with Gasteiger partial charge in [-0.15, -0.1) is 0 Å². The van der Waals surface area contributed by atoms with Crippen molar-refractivity contribution in [3.8, 4) is 0 Å². The second kappa shape index (κ2) is 7.10. The van der Waals surface area contributed by atoms with Crippen LogP contribution in [0.1, 0.15) is 58.4 Å². The quantitative estimate of drug-likeness (QED) is 0.789. The van der Waals surface area contributed by atoms with E-state index in [-0.39, 0.29) is 0 Å². The Morgan fingerprint density at radius 3 is 2.33 bits per heavy atom. The molecule has 2 N–H and O–H groups in total. The molecule has 4 nitrogen and oxygen atoms in total. The van der Waals surface area contributed by atoms with Gasteiger partial charge in [-0.25, -0.2) is 9.97 Å². The van der Waals surface area contributed by atoms with E-state index in [2.05, 4.69) is 48.3 Å². The average Bonchev–Trinajstić information content (AvgIpc) is 2.88. The highest BCUT2D eigenvalue weighted by atomic mass is 15.1. The average molecular weight is 290 g/mol. The molecule has 0 aromatic carbocycles. The van der Waals surface area contributed by atoms with Gasteiger partial charge in [-0.2, -0.15) is 0 Å². The molecule has 0 unspecified atom stereocenters. The predicted molar refractivity (Wildman–Crippen MR) is 89.8 cm³/mol. The van der Waals surface area contributed by atoms with E-state index < -0.39 is 0 Å². The lowest BCUT2D eigenvalue weighted by Crippen LogP contribution is -2.29. The number of aromatic nitrogens is 2. The Morgan fingerprint density at radius 1 is 1.14 bits per heavy atom. The Balaban J connectivity index is 2.05. The minimum Gasteiger partial charge on any atom is -0.370 e. The van der Waals surface area contributed by atoms with E-state index >= 15 is 0 Å². The Labute approximate surface area is 129 Å². The molecule has 0 spiro atoms. The van der Waals surface area contributed by atoms with Crippen LogP contribution >= 0.6 is 0 Å². The summed E-state index contributed by atoms with van der Waals surface area (Å²) in [6.07, 6.45) is 8.41. The monoisotopic (exact) mass is 290 g/mol. The zero-order valence-corrected chi connectivity index (χ0v) is 14.0. The molecule has 0 radical (unpaired) electrons. The molecule has 1 aromatic rings. The Hall–Kier alpha value is -1.32. The maximum absolute atomic E-state index is 4.43. The number of rotatable bonds is 7. The van der Waals surface area contributed by atoms with Gasteiger partial charge in [-0.3, -0.25) is 0 Å². The Bertz CT molecular complexity index is 450. The van der Waals surface area contributed by atoms with E-state index in [1.807, 2.05) is 0 Å². The number of hydrogen-bond donors (Lipinski definition) is 2. The van der Waals surface area contributed by atoms with Crippen LogP contribution in [0.5, 0.6) is 0 Å². The summed E-state index contributed by atoms with van der Waals surface area (Å²) in [6, 6.07) is 0. The second-order valence-electron chi connectivity index (χ2n) is 6.88. The maximum atomic E-state index is 4.43. The van der Waals surface area contributed by atoms with E-state index in [0.29, 0.717) is 5.41 Å². The van der Waals surface area contributed by atoms with Crippen molar-refractivity contribution in [3.63, 3.8) is 0 Å². The molecule has 1 aromatic heterocycles. The van der Waals surface area contributed by atoms with Crippen LogP contribution in [0.3, 0.4) is 0 Å². The van der Waals surface area contributed by atoms with Crippen molar-refractivity contribution in [1.82, 2.24) is 9.97 Å². The van der Waals surface area contributed by atoms with Gasteiger partial charge in [0.1, 0.15) is 18.0 Å². The fourth-order valence-electron chi connectivity index (χ4n) is 3.69. The molecular weight excluding hydrogens is 260 g/mol. The third kappa shape index (κ3) is 4.08. The van der Waals surface area contributed by atoms with Crippen LogP contribution in [0.15, 0.2) is 6.33 Å². The molecule has 4 heteroatoms. The molecule has 0 aliphatic heterocycles. The van der Waals surface area contributed by atoms with Crippen molar-refractivity contribution in [2.45, 2.75) is 59.8 Å². The fourth-order valence-corrected chi connectivity index (χ4v) is 3.69. The minimum absolute atomic E-state index is 0.462. The van der Waals surface area contributed by atoms with Gasteiger partial charge in [0.05, 0.1) is 0 Å². The molecule has 1 heterocycles. The zero-order valence-electron chi connectivity index (χ0n) is 14.0. The number of nitrogens with one attached hydrogen (secondary N) is 2. The Morgan fingerprint density at radius 2 is 1.76 bits per heavy atom. The summed E-state index contributed by atoms with van der Waals surface area (Å²) >= 11 is 0. The third-order valence-electron chi connectivity index (χ3n) is 4.56. The second-order valence-corrected chi connectivity index (χ2v) is 6.88. The SMILES string of the molecule is CCNc1ncnc(NCC2(CC(C)C)CCCC2)c1C. The fraction of sp³-hybridized carbons (Fsp3) is 0.765. The highest BCUT2D eigenvalue weighted by Crippen LogP contribution is 2.43. The zero-order chi connectivity index (χ0) is 15.3. The molecule has 0 atom stereocenters. The number of anilines is 2. The molecule has 0 bridgehead atoms. The highest BCUT2D eigenvalue weighted by molar-refractivity contribution is 5.56. The normalized spacial score (nSPS) is 17.2. The largest absolute Gasteiger partial charge is 0.370 e. The molecule has 0 amide bonds. The summed E-state index contributed by atoms with van der Waals surface area (Å²) in [4.78, 5) is 8.74. The first-order valence-corrected chi connectivity index (χ1v) is 8.35. The smallest absolute Gasteiger partial charge is 0.134 e. The van der Waals surface area contributed by atoms with Gasteiger partial charge in [0.2, 0.25) is 0 Å². The van der Waals surface area contributed by atoms with Crippen LogP contribution in [-0.2, 0) is 0 Å². The molecule has 1 aliphatic rings. The van der Waals surface area contributed by atoms with Gasteiger partial charge in [0, 0.05) is 18.7 Å². The molecule has 0 saturated heterocycles. The highest BCUT2D eigenvalue weighted by Gasteiger charge is 2.34. The van der Waals surface area contributed by atoms with Crippen molar-refractivity contribution in [3.05, 3.63) is 11.9 Å². The van der Waals surface area contributed by atoms with Crippen LogP contribution in [0.4, 0.5) is 11.6 Å². The van der Waals surface area contributed by atoms with Crippen molar-refractivity contribution >= 4 is 11.6 Å². The van der Waals surface area contributed by atoms with Crippen LogP contribution in [0.2, 0.25) is 0 Å². The van der Waals surface area contributed by atoms with E-state index in [0.717, 1.165) is 36.2 Å². The Kier molecular flexibility index (Phi) is 5.43. The lowest BCUT2D eigenvalue weighted by molar-refractivity contribution is 0.252. The molecule has 2 rings (SSSR count). The molecule has 21 heavy (non-hydrogen) atoms. The lowest BCUT2D eigenvalue weighted by Gasteiger charge is -2.31. The van der Waals surface area contributed by atoms with E-state index in [1.165, 1.54) is 32.1 Å². The van der Waals surface area contributed by atoms with Gasteiger partial charge < -0.3 is 10.6 Å². The van der Waals surface area contributed by atoms with Gasteiger partial charge in [0.25, 0.3) is 0 Å². The first kappa shape index (κ1) is 16.1. The van der Waals surface area contributed by atoms with E-state index in [9.17, 15) is 0 Å². The van der Waals surface area contributed by atoms with E-state index in [4.69, 9.17) is 0 Å². The van der Waals surface area contributed by atoms with Crippen LogP contribution in [-0.4, -0.2) is 23.1 Å². The summed E-state index contributed by atoms with van der Waals surface area (Å²) in [5.41, 5.74) is 1.58. The standard InChI is InChI=1S/C17H30N4/c1-5-18-15-14(4)16(21-12-20-15)19-11-17(10-13(2)3)8-6-7-9-17/h12-13H,5-11H2,1-4H3,(H2,18,19,20,21). The summed E-state index contributed by atoms with van der Waals surface area (Å²) in [6.45, 7) is 10.8. The molecular formula is C17H30N4. The summed E-state index contributed by atoms with van der Waals surface area (Å²) in [7, 11) is 0. The van der Waals surface area contributed by atoms with E-state index in [1.54, 1.807) is 6.33 Å². The molecule has 1 aliphatic carbocycles. The minimum atomic E-state index is 0.462. The van der Waals surface area contributed by atoms with Crippen LogP contribution in [0.25, 0.3) is 0 Å². The molecule has 1 saturated carbocycles. The van der Waals surface area contributed by atoms with Gasteiger partial charge in [-0.05, 0) is 44.4 Å². The van der Waals surface area contributed by atoms with Gasteiger partial charge in [-0.1, -0.05) is 26.7 Å². The van der Waals surface area contributed by atoms with Crippen LogP contribution in [0, 0.1) is 18.3 Å². The number of hydrogen-bond acceptors (Lipinski definition) is 4. The summed E-state index contributed by atoms with van der Waals surface area (Å²) < 4.78 is 0. The van der Waals surface area contributed by atoms with Crippen molar-refractivity contribution < 1.29 is 0 Å². The first-order chi connectivity index (χ1) is 10.1. The van der Waals surface area contributed by atoms with Crippen molar-refractivity contribution in [2.75, 3.05) is 23.7 Å². The van der Waals surface area contributed by atoms with Crippen molar-refractivity contribution in [2.24, 2.45) is 11.3 Å². The summed E-state index contributed by atoms with van der Waals surface area (Å²) in [5, 5.41) is 6.90. The number of nitrogens with zero attached hydrogens (tertiary/aromatic N) is 2. The lowest BCUT2D eigenvalue weighted by atomic mass is 9.78. The molecule has 1 fully saturated rings. The maximum Gasteiger partial charge on any atom is 0.134 e. The first-order valence-electron chi connectivity index (χ1n) is 8.35. The van der Waals surface area contributed by atoms with Crippen LogP contribution < -0.4 is 10.6 Å². The van der Waals surface area contributed by atoms with Gasteiger partial charge in [0.15, 0.2) is 0 Å². The van der Waals surface area contributed by atoms with Crippen molar-refractivity contribution in [1.29, 1.82) is 0 Å². The molecule has 118 valence electrons. The third-order valence-corrected chi connectivity index (χ3v) is 4.56. The predicted octanol–water partition coefficient (Wildman–Crippen LogP) is 4.24.